The number of unbranched alkanes of at least 4 members (excludes halogenated alkanes) is 2. The zero-order valence-corrected chi connectivity index (χ0v) is 9.41. The van der Waals surface area contributed by atoms with E-state index in [2.05, 4.69) is 24.1 Å². The quantitative estimate of drug-likeness (QED) is 0.390. The minimum Gasteiger partial charge on any atom is -0.363 e. The summed E-state index contributed by atoms with van der Waals surface area (Å²) in [6.07, 6.45) is 5.51. The third-order valence-electron chi connectivity index (χ3n) is 1.78. The Morgan fingerprint density at radius 1 is 1.54 bits per heavy atom. The maximum Gasteiger partial charge on any atom is 0.166 e. The van der Waals surface area contributed by atoms with Crippen molar-refractivity contribution in [1.29, 1.82) is 0 Å². The molecular formula is C10H20N2S. The molecule has 0 fully saturated rings. The molecule has 0 aromatic rings. The van der Waals surface area contributed by atoms with Gasteiger partial charge in [-0.2, -0.15) is 0 Å². The lowest BCUT2D eigenvalue weighted by Crippen LogP contribution is -2.39. The van der Waals surface area contributed by atoms with Gasteiger partial charge in [0.05, 0.1) is 0 Å². The van der Waals surface area contributed by atoms with Crippen molar-refractivity contribution in [2.75, 3.05) is 6.54 Å². The standard InChI is InChI=1S/C10H20N2S/c1-4-6-7-8-11-10(13)12-9(3)5-2/h5,9H,2,4,6-8H2,1,3H3,(H2,11,12,13). The first-order valence-corrected chi connectivity index (χ1v) is 5.28. The number of hydrogen-bond donors (Lipinski definition) is 2. The Bertz CT molecular complexity index is 157. The fourth-order valence-electron chi connectivity index (χ4n) is 0.894. The first kappa shape index (κ1) is 12.4. The maximum absolute atomic E-state index is 5.08. The largest absolute Gasteiger partial charge is 0.363 e. The van der Waals surface area contributed by atoms with Crippen LogP contribution in [0, 0.1) is 0 Å². The van der Waals surface area contributed by atoms with Crippen LogP contribution in [-0.4, -0.2) is 17.7 Å². The lowest BCUT2D eigenvalue weighted by atomic mass is 10.2. The second-order valence-corrected chi connectivity index (χ2v) is 3.54. The van der Waals surface area contributed by atoms with Gasteiger partial charge < -0.3 is 10.6 Å². The summed E-state index contributed by atoms with van der Waals surface area (Å²) in [7, 11) is 0. The monoisotopic (exact) mass is 200 g/mol. The van der Waals surface area contributed by atoms with Crippen molar-refractivity contribution in [3.05, 3.63) is 12.7 Å². The zero-order valence-electron chi connectivity index (χ0n) is 8.60. The summed E-state index contributed by atoms with van der Waals surface area (Å²) in [6, 6.07) is 0.242. The Kier molecular flexibility index (Phi) is 7.69. The summed E-state index contributed by atoms with van der Waals surface area (Å²) in [5.74, 6) is 0. The second-order valence-electron chi connectivity index (χ2n) is 3.13. The number of thiocarbonyl (C=S) groups is 1. The third-order valence-corrected chi connectivity index (χ3v) is 2.04. The Hall–Kier alpha value is -0.570. The zero-order chi connectivity index (χ0) is 10.1. The van der Waals surface area contributed by atoms with Gasteiger partial charge in [-0.1, -0.05) is 25.8 Å². The van der Waals surface area contributed by atoms with E-state index in [0.29, 0.717) is 0 Å². The minimum atomic E-state index is 0.242. The normalized spacial score (nSPS) is 11.8. The van der Waals surface area contributed by atoms with Crippen LogP contribution in [0.5, 0.6) is 0 Å². The lowest BCUT2D eigenvalue weighted by molar-refractivity contribution is 0.682. The molecule has 0 saturated carbocycles. The van der Waals surface area contributed by atoms with E-state index in [0.717, 1.165) is 11.7 Å². The van der Waals surface area contributed by atoms with Gasteiger partial charge in [0.2, 0.25) is 0 Å². The van der Waals surface area contributed by atoms with Gasteiger partial charge in [-0.15, -0.1) is 6.58 Å². The summed E-state index contributed by atoms with van der Waals surface area (Å²) >= 11 is 5.08. The van der Waals surface area contributed by atoms with Crippen LogP contribution in [0.15, 0.2) is 12.7 Å². The smallest absolute Gasteiger partial charge is 0.166 e. The predicted octanol–water partition coefficient (Wildman–Crippen LogP) is 2.22. The van der Waals surface area contributed by atoms with E-state index >= 15 is 0 Å². The van der Waals surface area contributed by atoms with Crippen molar-refractivity contribution >= 4 is 17.3 Å². The Labute approximate surface area is 86.8 Å². The van der Waals surface area contributed by atoms with Crippen molar-refractivity contribution in [3.63, 3.8) is 0 Å². The first-order valence-electron chi connectivity index (χ1n) is 4.87. The summed E-state index contributed by atoms with van der Waals surface area (Å²) in [5.41, 5.74) is 0. The van der Waals surface area contributed by atoms with E-state index < -0.39 is 0 Å². The van der Waals surface area contributed by atoms with Crippen LogP contribution in [0.25, 0.3) is 0 Å². The fourth-order valence-corrected chi connectivity index (χ4v) is 1.18. The van der Waals surface area contributed by atoms with Crippen molar-refractivity contribution < 1.29 is 0 Å². The molecule has 0 aliphatic carbocycles. The van der Waals surface area contributed by atoms with Crippen molar-refractivity contribution in [3.8, 4) is 0 Å². The van der Waals surface area contributed by atoms with Crippen LogP contribution >= 0.6 is 12.2 Å². The average molecular weight is 200 g/mol. The van der Waals surface area contributed by atoms with Crippen molar-refractivity contribution in [2.45, 2.75) is 39.2 Å². The van der Waals surface area contributed by atoms with Gasteiger partial charge in [-0.05, 0) is 25.6 Å². The molecule has 0 bridgehead atoms. The summed E-state index contributed by atoms with van der Waals surface area (Å²) < 4.78 is 0. The lowest BCUT2D eigenvalue weighted by Gasteiger charge is -2.13. The Morgan fingerprint density at radius 3 is 2.77 bits per heavy atom. The number of rotatable bonds is 6. The highest BCUT2D eigenvalue weighted by Gasteiger charge is 1.97. The Balaban J connectivity index is 3.35. The maximum atomic E-state index is 5.08. The predicted molar refractivity (Wildman–Crippen MR) is 62.9 cm³/mol. The van der Waals surface area contributed by atoms with Crippen LogP contribution in [0.2, 0.25) is 0 Å². The molecule has 1 unspecified atom stereocenters. The van der Waals surface area contributed by atoms with E-state index in [-0.39, 0.29) is 6.04 Å². The molecule has 0 aliphatic rings. The molecule has 1 atom stereocenters. The molecule has 2 N–H and O–H groups in total. The average Bonchev–Trinajstić information content (AvgIpc) is 2.12. The minimum absolute atomic E-state index is 0.242. The first-order chi connectivity index (χ1) is 6.20. The summed E-state index contributed by atoms with van der Waals surface area (Å²) in [6.45, 7) is 8.85. The topological polar surface area (TPSA) is 24.1 Å². The molecule has 0 heterocycles. The molecule has 76 valence electrons. The molecule has 0 aromatic carbocycles. The Morgan fingerprint density at radius 2 is 2.23 bits per heavy atom. The highest BCUT2D eigenvalue weighted by Crippen LogP contribution is 1.91. The third kappa shape index (κ3) is 7.78. The van der Waals surface area contributed by atoms with Gasteiger partial charge in [0.25, 0.3) is 0 Å². The molecular weight excluding hydrogens is 180 g/mol. The summed E-state index contributed by atoms with van der Waals surface area (Å²) in [4.78, 5) is 0. The van der Waals surface area contributed by atoms with Crippen LogP contribution in [-0.2, 0) is 0 Å². The van der Waals surface area contributed by atoms with E-state index in [1.165, 1.54) is 19.3 Å². The number of hydrogen-bond acceptors (Lipinski definition) is 1. The molecule has 0 amide bonds. The van der Waals surface area contributed by atoms with Crippen LogP contribution in [0.4, 0.5) is 0 Å². The number of nitrogens with one attached hydrogen (secondary N) is 2. The molecule has 2 nitrogen and oxygen atoms in total. The molecule has 13 heavy (non-hydrogen) atoms. The molecule has 3 heteroatoms. The van der Waals surface area contributed by atoms with E-state index in [1.54, 1.807) is 0 Å². The van der Waals surface area contributed by atoms with Gasteiger partial charge in [0, 0.05) is 12.6 Å². The van der Waals surface area contributed by atoms with Gasteiger partial charge in [0.15, 0.2) is 5.11 Å². The molecule has 0 radical (unpaired) electrons. The highest BCUT2D eigenvalue weighted by atomic mass is 32.1. The van der Waals surface area contributed by atoms with Crippen molar-refractivity contribution in [2.24, 2.45) is 0 Å². The van der Waals surface area contributed by atoms with Gasteiger partial charge in [-0.3, -0.25) is 0 Å². The van der Waals surface area contributed by atoms with Gasteiger partial charge in [0.1, 0.15) is 0 Å². The molecule has 0 saturated heterocycles. The van der Waals surface area contributed by atoms with Crippen LogP contribution in [0.1, 0.15) is 33.1 Å². The molecule has 0 aromatic heterocycles. The fraction of sp³-hybridized carbons (Fsp3) is 0.700. The molecule has 0 rings (SSSR count). The second kappa shape index (κ2) is 8.05. The molecule has 0 spiro atoms. The SMILES string of the molecule is C=CC(C)NC(=S)NCCCCC. The molecule has 0 aliphatic heterocycles. The van der Waals surface area contributed by atoms with Crippen LogP contribution < -0.4 is 10.6 Å². The van der Waals surface area contributed by atoms with E-state index in [9.17, 15) is 0 Å². The van der Waals surface area contributed by atoms with Crippen molar-refractivity contribution in [1.82, 2.24) is 10.6 Å². The van der Waals surface area contributed by atoms with Crippen LogP contribution in [0.3, 0.4) is 0 Å². The van der Waals surface area contributed by atoms with Gasteiger partial charge in [-0.25, -0.2) is 0 Å². The van der Waals surface area contributed by atoms with E-state index in [4.69, 9.17) is 12.2 Å². The van der Waals surface area contributed by atoms with Gasteiger partial charge >= 0.3 is 0 Å². The highest BCUT2D eigenvalue weighted by molar-refractivity contribution is 7.80. The van der Waals surface area contributed by atoms with E-state index in [1.807, 2.05) is 13.0 Å². The summed E-state index contributed by atoms with van der Waals surface area (Å²) in [5, 5.41) is 6.99.